The van der Waals surface area contributed by atoms with Gasteiger partial charge in [-0.2, -0.15) is 11.3 Å². The van der Waals surface area contributed by atoms with Crippen LogP contribution in [0.1, 0.15) is 18.9 Å². The predicted octanol–water partition coefficient (Wildman–Crippen LogP) is 2.83. The molecule has 122 valence electrons. The van der Waals surface area contributed by atoms with E-state index in [1.807, 2.05) is 23.8 Å². The van der Waals surface area contributed by atoms with Crippen molar-refractivity contribution in [2.45, 2.75) is 19.8 Å². The Morgan fingerprint density at radius 3 is 2.57 bits per heavy atom. The Kier molecular flexibility index (Phi) is 6.62. The molecule has 0 fully saturated rings. The van der Waals surface area contributed by atoms with Crippen molar-refractivity contribution < 1.29 is 14.3 Å². The van der Waals surface area contributed by atoms with Gasteiger partial charge in [0.05, 0.1) is 0 Å². The molecule has 5 nitrogen and oxygen atoms in total. The molecule has 0 unspecified atom stereocenters. The van der Waals surface area contributed by atoms with Gasteiger partial charge < -0.3 is 15.4 Å². The highest BCUT2D eigenvalue weighted by Gasteiger charge is 2.05. The molecule has 0 aliphatic carbocycles. The summed E-state index contributed by atoms with van der Waals surface area (Å²) >= 11 is 1.63. The number of hydrogen-bond donors (Lipinski definition) is 2. The minimum atomic E-state index is -0.154. The van der Waals surface area contributed by atoms with Crippen molar-refractivity contribution in [1.82, 2.24) is 5.32 Å². The molecular weight excluding hydrogens is 312 g/mol. The number of benzene rings is 1. The summed E-state index contributed by atoms with van der Waals surface area (Å²) in [6.07, 6.45) is 1.19. The summed E-state index contributed by atoms with van der Waals surface area (Å²) in [7, 11) is 0. The first kappa shape index (κ1) is 17.0. The van der Waals surface area contributed by atoms with Gasteiger partial charge in [0.15, 0.2) is 6.61 Å². The fourth-order valence-electron chi connectivity index (χ4n) is 1.95. The molecule has 0 spiro atoms. The van der Waals surface area contributed by atoms with Crippen LogP contribution < -0.4 is 15.4 Å². The number of ether oxygens (including phenoxy) is 1. The molecule has 0 atom stereocenters. The Hall–Kier alpha value is -2.34. The molecule has 0 aliphatic heterocycles. The third-order valence-electron chi connectivity index (χ3n) is 3.10. The average Bonchev–Trinajstić information content (AvgIpc) is 3.06. The Bertz CT molecular complexity index is 624. The Morgan fingerprint density at radius 1 is 1.13 bits per heavy atom. The summed E-state index contributed by atoms with van der Waals surface area (Å²) in [5, 5.41) is 9.56. The molecule has 0 bridgehead atoms. The average molecular weight is 332 g/mol. The second-order valence-corrected chi connectivity index (χ2v) is 5.73. The Balaban J connectivity index is 1.75. The van der Waals surface area contributed by atoms with Crippen molar-refractivity contribution in [1.29, 1.82) is 0 Å². The molecular formula is C17H20N2O3S. The topological polar surface area (TPSA) is 67.4 Å². The Morgan fingerprint density at radius 2 is 1.91 bits per heavy atom. The van der Waals surface area contributed by atoms with Crippen molar-refractivity contribution in [2.24, 2.45) is 0 Å². The van der Waals surface area contributed by atoms with E-state index < -0.39 is 0 Å². The van der Waals surface area contributed by atoms with Gasteiger partial charge in [-0.1, -0.05) is 0 Å². The number of hydrogen-bond acceptors (Lipinski definition) is 4. The van der Waals surface area contributed by atoms with Crippen LogP contribution in [0, 0.1) is 0 Å². The number of likely N-dealkylation sites (N-methyl/N-ethyl adjacent to an activating group) is 1. The molecule has 1 heterocycles. The lowest BCUT2D eigenvalue weighted by Crippen LogP contribution is -2.28. The van der Waals surface area contributed by atoms with E-state index in [0.29, 0.717) is 24.4 Å². The standard InChI is InChI=1S/C17H20N2O3S/c1-2-18-17(21)11-22-15-6-4-14(5-7-15)19-16(20)8-3-13-9-10-23-12-13/h4-7,9-10,12H,2-3,8,11H2,1H3,(H,18,21)(H,19,20). The highest BCUT2D eigenvalue weighted by Crippen LogP contribution is 2.16. The molecule has 0 saturated carbocycles. The molecule has 1 aromatic carbocycles. The van der Waals surface area contributed by atoms with E-state index >= 15 is 0 Å². The number of rotatable bonds is 8. The van der Waals surface area contributed by atoms with Crippen molar-refractivity contribution in [2.75, 3.05) is 18.5 Å². The van der Waals surface area contributed by atoms with E-state index in [2.05, 4.69) is 10.6 Å². The maximum Gasteiger partial charge on any atom is 0.257 e. The van der Waals surface area contributed by atoms with Crippen molar-refractivity contribution in [3.8, 4) is 5.75 Å². The molecule has 2 rings (SSSR count). The number of carbonyl (C=O) groups excluding carboxylic acids is 2. The van der Waals surface area contributed by atoms with E-state index in [-0.39, 0.29) is 18.4 Å². The predicted molar refractivity (Wildman–Crippen MR) is 91.9 cm³/mol. The molecule has 2 N–H and O–H groups in total. The maximum atomic E-state index is 11.9. The number of nitrogens with one attached hydrogen (secondary N) is 2. The molecule has 1 aromatic heterocycles. The van der Waals surface area contributed by atoms with Crippen LogP contribution in [-0.2, 0) is 16.0 Å². The highest BCUT2D eigenvalue weighted by molar-refractivity contribution is 7.07. The van der Waals surface area contributed by atoms with Gasteiger partial charge >= 0.3 is 0 Å². The lowest BCUT2D eigenvalue weighted by atomic mass is 10.2. The first-order valence-electron chi connectivity index (χ1n) is 7.48. The van der Waals surface area contributed by atoms with Crippen molar-refractivity contribution in [3.63, 3.8) is 0 Å². The van der Waals surface area contributed by atoms with Gasteiger partial charge in [-0.3, -0.25) is 9.59 Å². The SMILES string of the molecule is CCNC(=O)COc1ccc(NC(=O)CCc2ccsc2)cc1. The van der Waals surface area contributed by atoms with Crippen LogP contribution in [0.15, 0.2) is 41.1 Å². The van der Waals surface area contributed by atoms with E-state index in [1.54, 1.807) is 35.6 Å². The van der Waals surface area contributed by atoms with E-state index in [0.717, 1.165) is 6.42 Å². The van der Waals surface area contributed by atoms with Gasteiger partial charge in [0.1, 0.15) is 5.75 Å². The van der Waals surface area contributed by atoms with Crippen LogP contribution in [0.2, 0.25) is 0 Å². The fraction of sp³-hybridized carbons (Fsp3) is 0.294. The van der Waals surface area contributed by atoms with Gasteiger partial charge in [0.2, 0.25) is 5.91 Å². The van der Waals surface area contributed by atoms with Gasteiger partial charge in [-0.05, 0) is 60.0 Å². The van der Waals surface area contributed by atoms with Crippen molar-refractivity contribution in [3.05, 3.63) is 46.7 Å². The fourth-order valence-corrected chi connectivity index (χ4v) is 2.65. The maximum absolute atomic E-state index is 11.9. The first-order valence-corrected chi connectivity index (χ1v) is 8.42. The summed E-state index contributed by atoms with van der Waals surface area (Å²) in [6, 6.07) is 9.01. The molecule has 23 heavy (non-hydrogen) atoms. The summed E-state index contributed by atoms with van der Waals surface area (Å²) < 4.78 is 5.35. The Labute approximate surface area is 139 Å². The zero-order chi connectivity index (χ0) is 16.5. The third kappa shape index (κ3) is 6.12. The number of amides is 2. The van der Waals surface area contributed by atoms with E-state index in [4.69, 9.17) is 4.74 Å². The van der Waals surface area contributed by atoms with Crippen LogP contribution >= 0.6 is 11.3 Å². The second-order valence-electron chi connectivity index (χ2n) is 4.95. The van der Waals surface area contributed by atoms with Crippen LogP contribution in [0.5, 0.6) is 5.75 Å². The number of thiophene rings is 1. The van der Waals surface area contributed by atoms with Gasteiger partial charge in [0.25, 0.3) is 5.91 Å². The summed E-state index contributed by atoms with van der Waals surface area (Å²) in [6.45, 7) is 2.42. The molecule has 0 radical (unpaired) electrons. The first-order chi connectivity index (χ1) is 11.2. The zero-order valence-corrected chi connectivity index (χ0v) is 13.8. The normalized spacial score (nSPS) is 10.1. The largest absolute Gasteiger partial charge is 0.484 e. The molecule has 2 amide bonds. The van der Waals surface area contributed by atoms with Crippen LogP contribution in [0.3, 0.4) is 0 Å². The minimum Gasteiger partial charge on any atom is -0.484 e. The van der Waals surface area contributed by atoms with Crippen LogP contribution in [0.25, 0.3) is 0 Å². The van der Waals surface area contributed by atoms with Crippen LogP contribution in [-0.4, -0.2) is 25.0 Å². The second kappa shape index (κ2) is 8.95. The van der Waals surface area contributed by atoms with Crippen molar-refractivity contribution >= 4 is 28.8 Å². The monoisotopic (exact) mass is 332 g/mol. The highest BCUT2D eigenvalue weighted by atomic mass is 32.1. The molecule has 6 heteroatoms. The number of carbonyl (C=O) groups is 2. The molecule has 0 aliphatic rings. The number of anilines is 1. The van der Waals surface area contributed by atoms with E-state index in [1.165, 1.54) is 5.56 Å². The van der Waals surface area contributed by atoms with Gasteiger partial charge in [-0.25, -0.2) is 0 Å². The smallest absolute Gasteiger partial charge is 0.257 e. The lowest BCUT2D eigenvalue weighted by molar-refractivity contribution is -0.123. The summed E-state index contributed by atoms with van der Waals surface area (Å²) in [5.74, 6) is 0.415. The molecule has 0 saturated heterocycles. The molecule has 2 aromatic rings. The minimum absolute atomic E-state index is 0.0137. The summed E-state index contributed by atoms with van der Waals surface area (Å²) in [4.78, 5) is 23.2. The van der Waals surface area contributed by atoms with Gasteiger partial charge in [-0.15, -0.1) is 0 Å². The summed E-state index contributed by atoms with van der Waals surface area (Å²) in [5.41, 5.74) is 1.89. The quantitative estimate of drug-likeness (QED) is 0.781. The third-order valence-corrected chi connectivity index (χ3v) is 3.83. The van der Waals surface area contributed by atoms with Crippen LogP contribution in [0.4, 0.5) is 5.69 Å². The van der Waals surface area contributed by atoms with Gasteiger partial charge in [0, 0.05) is 18.7 Å². The van der Waals surface area contributed by atoms with E-state index in [9.17, 15) is 9.59 Å². The zero-order valence-electron chi connectivity index (χ0n) is 13.0. The number of aryl methyl sites for hydroxylation is 1. The lowest BCUT2D eigenvalue weighted by Gasteiger charge is -2.08.